The third-order valence-electron chi connectivity index (χ3n) is 8.47. The predicted octanol–water partition coefficient (Wildman–Crippen LogP) is 4.25. The number of rotatable bonds is 4. The molecule has 3 aliphatic heterocycles. The van der Waals surface area contributed by atoms with Crippen LogP contribution in [0.1, 0.15) is 50.0 Å². The number of aromatic nitrogens is 2. The van der Waals surface area contributed by atoms with Crippen LogP contribution in [0.2, 0.25) is 0 Å². The average molecular weight is 497 g/mol. The number of halogens is 1. The van der Waals surface area contributed by atoms with E-state index in [-0.39, 0.29) is 10.7 Å². The van der Waals surface area contributed by atoms with E-state index in [0.717, 1.165) is 42.6 Å². The zero-order valence-corrected chi connectivity index (χ0v) is 21.2. The van der Waals surface area contributed by atoms with Gasteiger partial charge in [-0.05, 0) is 99.5 Å². The molecule has 4 heterocycles. The van der Waals surface area contributed by atoms with Gasteiger partial charge in [0.05, 0.1) is 10.4 Å². The van der Waals surface area contributed by atoms with Gasteiger partial charge in [0, 0.05) is 37.0 Å². The summed E-state index contributed by atoms with van der Waals surface area (Å²) >= 11 is 0. The van der Waals surface area contributed by atoms with E-state index >= 15 is 4.39 Å². The molecule has 186 valence electrons. The van der Waals surface area contributed by atoms with Crippen molar-refractivity contribution in [2.75, 3.05) is 19.3 Å². The van der Waals surface area contributed by atoms with E-state index in [9.17, 15) is 8.42 Å². The summed E-state index contributed by atoms with van der Waals surface area (Å²) < 4.78 is 40.7. The molecule has 0 radical (unpaired) electrons. The van der Waals surface area contributed by atoms with Gasteiger partial charge in [0.25, 0.3) is 0 Å². The second-order valence-corrected chi connectivity index (χ2v) is 12.8. The highest BCUT2D eigenvalue weighted by atomic mass is 32.2. The van der Waals surface area contributed by atoms with Gasteiger partial charge in [-0.25, -0.2) is 17.8 Å². The van der Waals surface area contributed by atoms with Gasteiger partial charge in [0.1, 0.15) is 11.3 Å². The molecule has 6 nitrogen and oxygen atoms in total. The Hall–Kier alpha value is -2.29. The number of hydrogen-bond donors (Lipinski definition) is 1. The molecule has 3 fully saturated rings. The SMILES string of the molecule is Cn1c(-c2ccc(S(C)(=O)=O)cc2)nc2c(F)cc(C3CCN(C4CC5CCC(C4)N5)CC3)cc21. The Kier molecular flexibility index (Phi) is 5.73. The van der Waals surface area contributed by atoms with Gasteiger partial charge in [-0.1, -0.05) is 0 Å². The molecule has 8 heteroatoms. The highest BCUT2D eigenvalue weighted by molar-refractivity contribution is 7.90. The molecule has 1 N–H and O–H groups in total. The summed E-state index contributed by atoms with van der Waals surface area (Å²) in [6, 6.07) is 12.5. The maximum atomic E-state index is 15.2. The minimum Gasteiger partial charge on any atom is -0.327 e. The van der Waals surface area contributed by atoms with Crippen LogP contribution >= 0.6 is 0 Å². The molecule has 1 aromatic heterocycles. The fourth-order valence-electron chi connectivity index (χ4n) is 6.53. The van der Waals surface area contributed by atoms with Gasteiger partial charge in [-0.3, -0.25) is 0 Å². The summed E-state index contributed by atoms with van der Waals surface area (Å²) in [4.78, 5) is 7.52. The average Bonchev–Trinajstić information content (AvgIpc) is 3.37. The van der Waals surface area contributed by atoms with E-state index in [0.29, 0.717) is 35.4 Å². The minimum atomic E-state index is -3.27. The highest BCUT2D eigenvalue weighted by Crippen LogP contribution is 2.36. The number of likely N-dealkylation sites (tertiary alicyclic amines) is 1. The van der Waals surface area contributed by atoms with E-state index in [1.54, 1.807) is 30.3 Å². The molecule has 0 amide bonds. The van der Waals surface area contributed by atoms with Crippen molar-refractivity contribution in [3.05, 3.63) is 47.8 Å². The summed E-state index contributed by atoms with van der Waals surface area (Å²) in [5.41, 5.74) is 2.96. The Morgan fingerprint density at radius 2 is 1.66 bits per heavy atom. The molecule has 6 rings (SSSR count). The first kappa shape index (κ1) is 23.1. The van der Waals surface area contributed by atoms with Crippen LogP contribution in [0.15, 0.2) is 41.3 Å². The van der Waals surface area contributed by atoms with Crippen LogP contribution in [0, 0.1) is 5.82 Å². The summed E-state index contributed by atoms with van der Waals surface area (Å²) in [5, 5.41) is 3.74. The van der Waals surface area contributed by atoms with Gasteiger partial charge in [-0.15, -0.1) is 0 Å². The van der Waals surface area contributed by atoms with Crippen molar-refractivity contribution < 1.29 is 12.8 Å². The number of fused-ring (bicyclic) bond motifs is 3. The lowest BCUT2D eigenvalue weighted by atomic mass is 9.87. The minimum absolute atomic E-state index is 0.261. The molecule has 2 unspecified atom stereocenters. The number of imidazole rings is 1. The van der Waals surface area contributed by atoms with Crippen LogP contribution in [-0.2, 0) is 16.9 Å². The molecule has 2 atom stereocenters. The van der Waals surface area contributed by atoms with Gasteiger partial charge in [-0.2, -0.15) is 0 Å². The summed E-state index contributed by atoms with van der Waals surface area (Å²) in [6.07, 6.45) is 8.49. The maximum absolute atomic E-state index is 15.2. The summed E-state index contributed by atoms with van der Waals surface area (Å²) in [7, 11) is -1.37. The molecule has 3 aliphatic rings. The lowest BCUT2D eigenvalue weighted by molar-refractivity contribution is 0.111. The van der Waals surface area contributed by atoms with Crippen molar-refractivity contribution in [1.82, 2.24) is 19.8 Å². The Bertz CT molecular complexity index is 1350. The maximum Gasteiger partial charge on any atom is 0.175 e. The monoisotopic (exact) mass is 496 g/mol. The van der Waals surface area contributed by atoms with Crippen molar-refractivity contribution >= 4 is 20.9 Å². The van der Waals surface area contributed by atoms with Crippen LogP contribution in [0.25, 0.3) is 22.4 Å². The summed E-state index contributed by atoms with van der Waals surface area (Å²) in [5.74, 6) is 0.701. The van der Waals surface area contributed by atoms with Gasteiger partial charge >= 0.3 is 0 Å². The Morgan fingerprint density at radius 3 is 2.29 bits per heavy atom. The summed E-state index contributed by atoms with van der Waals surface area (Å²) in [6.45, 7) is 2.16. The second-order valence-electron chi connectivity index (χ2n) is 10.7. The number of sulfone groups is 1. The van der Waals surface area contributed by atoms with Crippen LogP contribution in [0.5, 0.6) is 0 Å². The van der Waals surface area contributed by atoms with E-state index in [4.69, 9.17) is 0 Å². The quantitative estimate of drug-likeness (QED) is 0.585. The van der Waals surface area contributed by atoms with E-state index in [2.05, 4.69) is 21.3 Å². The molecular weight excluding hydrogens is 463 g/mol. The van der Waals surface area contributed by atoms with Gasteiger partial charge in [0.15, 0.2) is 15.7 Å². The first-order valence-electron chi connectivity index (χ1n) is 12.7. The topological polar surface area (TPSA) is 67.2 Å². The van der Waals surface area contributed by atoms with Crippen LogP contribution in [-0.4, -0.2) is 60.3 Å². The first-order chi connectivity index (χ1) is 16.8. The van der Waals surface area contributed by atoms with E-state index < -0.39 is 9.84 Å². The molecule has 2 aromatic carbocycles. The largest absolute Gasteiger partial charge is 0.327 e. The molecule has 3 aromatic rings. The van der Waals surface area contributed by atoms with Crippen molar-refractivity contribution in [3.63, 3.8) is 0 Å². The smallest absolute Gasteiger partial charge is 0.175 e. The lowest BCUT2D eigenvalue weighted by Gasteiger charge is -2.41. The number of aryl methyl sites for hydroxylation is 1. The number of nitrogens with one attached hydrogen (secondary N) is 1. The Morgan fingerprint density at radius 1 is 1.00 bits per heavy atom. The number of piperidine rings is 2. The van der Waals surface area contributed by atoms with Gasteiger partial charge < -0.3 is 14.8 Å². The van der Waals surface area contributed by atoms with E-state index in [1.807, 2.05) is 11.6 Å². The van der Waals surface area contributed by atoms with Crippen LogP contribution in [0.3, 0.4) is 0 Å². The van der Waals surface area contributed by atoms with Crippen molar-refractivity contribution in [1.29, 1.82) is 0 Å². The Balaban J connectivity index is 1.22. The lowest BCUT2D eigenvalue weighted by Crippen LogP contribution is -2.50. The van der Waals surface area contributed by atoms with Crippen molar-refractivity contribution in [3.8, 4) is 11.4 Å². The standard InChI is InChI=1S/C27H33FN4O2S/c1-31-25-14-19(17-9-11-32(12-10-17)22-15-20-5-6-21(16-22)29-20)13-24(28)26(25)30-27(31)18-3-7-23(8-4-18)35(2,33)34/h3-4,7-8,13-14,17,20-22,29H,5-6,9-12,15-16H2,1-2H3. The zero-order chi connectivity index (χ0) is 24.3. The van der Waals surface area contributed by atoms with Crippen LogP contribution < -0.4 is 5.32 Å². The molecule has 0 saturated carbocycles. The van der Waals surface area contributed by atoms with Crippen molar-refractivity contribution in [2.45, 2.75) is 67.5 Å². The molecule has 2 bridgehead atoms. The fraction of sp³-hybridized carbons (Fsp3) is 0.519. The molecular formula is C27H33FN4O2S. The van der Waals surface area contributed by atoms with Gasteiger partial charge in [0.2, 0.25) is 0 Å². The predicted molar refractivity (Wildman–Crippen MR) is 136 cm³/mol. The Labute approximate surface area is 206 Å². The highest BCUT2D eigenvalue weighted by Gasteiger charge is 2.37. The van der Waals surface area contributed by atoms with Crippen LogP contribution in [0.4, 0.5) is 4.39 Å². The molecule has 35 heavy (non-hydrogen) atoms. The molecule has 0 spiro atoms. The van der Waals surface area contributed by atoms with Crippen molar-refractivity contribution in [2.24, 2.45) is 7.05 Å². The third-order valence-corrected chi connectivity index (χ3v) is 9.60. The number of nitrogens with zero attached hydrogens (tertiary/aromatic N) is 3. The third kappa shape index (κ3) is 4.30. The molecule has 3 saturated heterocycles. The fourth-order valence-corrected chi connectivity index (χ4v) is 7.17. The normalized spacial score (nSPS) is 26.0. The number of hydrogen-bond acceptors (Lipinski definition) is 5. The van der Waals surface area contributed by atoms with E-state index in [1.165, 1.54) is 31.9 Å². The second kappa shape index (κ2) is 8.68. The molecule has 0 aliphatic carbocycles. The zero-order valence-electron chi connectivity index (χ0n) is 20.4. The number of benzene rings is 2. The first-order valence-corrected chi connectivity index (χ1v) is 14.6.